The second kappa shape index (κ2) is 7.44. The Morgan fingerprint density at radius 1 is 1.16 bits per heavy atom. The second-order valence-corrected chi connectivity index (χ2v) is 5.70. The van der Waals surface area contributed by atoms with E-state index >= 15 is 0 Å². The Morgan fingerprint density at radius 2 is 1.92 bits per heavy atom. The van der Waals surface area contributed by atoms with Gasteiger partial charge in [-0.2, -0.15) is 0 Å². The predicted molar refractivity (Wildman–Crippen MR) is 88.8 cm³/mol. The SMILES string of the molecule is COC(=O)c1cccc(C(=O)N2CCO[C@H](c3ccccc3F)C2)c1. The molecule has 0 aromatic heterocycles. The lowest BCUT2D eigenvalue weighted by atomic mass is 10.1. The number of halogens is 1. The Morgan fingerprint density at radius 3 is 2.68 bits per heavy atom. The van der Waals surface area contributed by atoms with Gasteiger partial charge in [-0.1, -0.05) is 24.3 Å². The molecule has 1 amide bonds. The molecule has 2 aromatic rings. The molecule has 1 aliphatic heterocycles. The highest BCUT2D eigenvalue weighted by molar-refractivity contribution is 5.98. The fourth-order valence-corrected chi connectivity index (χ4v) is 2.84. The molecule has 1 fully saturated rings. The van der Waals surface area contributed by atoms with Crippen LogP contribution in [0.3, 0.4) is 0 Å². The molecule has 6 heteroatoms. The van der Waals surface area contributed by atoms with Gasteiger partial charge in [0, 0.05) is 17.7 Å². The summed E-state index contributed by atoms with van der Waals surface area (Å²) < 4.78 is 24.3. The number of hydrogen-bond acceptors (Lipinski definition) is 4. The average molecular weight is 343 g/mol. The summed E-state index contributed by atoms with van der Waals surface area (Å²) in [7, 11) is 1.29. The monoisotopic (exact) mass is 343 g/mol. The molecule has 130 valence electrons. The first-order valence-corrected chi connectivity index (χ1v) is 7.94. The zero-order valence-electron chi connectivity index (χ0n) is 13.8. The second-order valence-electron chi connectivity index (χ2n) is 5.70. The zero-order valence-corrected chi connectivity index (χ0v) is 13.8. The number of rotatable bonds is 3. The molecule has 1 atom stereocenters. The third-order valence-electron chi connectivity index (χ3n) is 4.14. The first kappa shape index (κ1) is 17.1. The van der Waals surface area contributed by atoms with Crippen molar-refractivity contribution in [1.29, 1.82) is 0 Å². The van der Waals surface area contributed by atoms with Crippen LogP contribution in [0.25, 0.3) is 0 Å². The highest BCUT2D eigenvalue weighted by Gasteiger charge is 2.28. The van der Waals surface area contributed by atoms with Gasteiger partial charge in [0.1, 0.15) is 11.9 Å². The van der Waals surface area contributed by atoms with Crippen LogP contribution in [0.2, 0.25) is 0 Å². The Hall–Kier alpha value is -2.73. The normalized spacial score (nSPS) is 17.2. The Kier molecular flexibility index (Phi) is 5.09. The molecule has 5 nitrogen and oxygen atoms in total. The predicted octanol–water partition coefficient (Wildman–Crippen LogP) is 2.83. The summed E-state index contributed by atoms with van der Waals surface area (Å²) in [6, 6.07) is 12.7. The molecule has 0 bridgehead atoms. The average Bonchev–Trinajstić information content (AvgIpc) is 2.67. The molecule has 2 aromatic carbocycles. The van der Waals surface area contributed by atoms with E-state index in [2.05, 4.69) is 4.74 Å². The van der Waals surface area contributed by atoms with Gasteiger partial charge in [0.25, 0.3) is 5.91 Å². The zero-order chi connectivity index (χ0) is 17.8. The Balaban J connectivity index is 1.79. The number of methoxy groups -OCH3 is 1. The van der Waals surface area contributed by atoms with Gasteiger partial charge in [0.15, 0.2) is 0 Å². The van der Waals surface area contributed by atoms with Gasteiger partial charge in [-0.05, 0) is 24.3 Å². The van der Waals surface area contributed by atoms with Crippen molar-refractivity contribution < 1.29 is 23.5 Å². The van der Waals surface area contributed by atoms with Crippen LogP contribution in [0.4, 0.5) is 4.39 Å². The summed E-state index contributed by atoms with van der Waals surface area (Å²) in [6.07, 6.45) is -0.511. The molecule has 1 aliphatic rings. The fraction of sp³-hybridized carbons (Fsp3) is 0.263. The van der Waals surface area contributed by atoms with E-state index in [0.29, 0.717) is 29.8 Å². The largest absolute Gasteiger partial charge is 0.465 e. The van der Waals surface area contributed by atoms with Crippen molar-refractivity contribution in [3.8, 4) is 0 Å². The van der Waals surface area contributed by atoms with Crippen LogP contribution in [0.15, 0.2) is 48.5 Å². The smallest absolute Gasteiger partial charge is 0.337 e. The minimum atomic E-state index is -0.511. The lowest BCUT2D eigenvalue weighted by Crippen LogP contribution is -2.42. The number of benzene rings is 2. The molecule has 0 spiro atoms. The van der Waals surface area contributed by atoms with E-state index in [-0.39, 0.29) is 18.3 Å². The molecule has 0 unspecified atom stereocenters. The highest BCUT2D eigenvalue weighted by atomic mass is 19.1. The summed E-state index contributed by atoms with van der Waals surface area (Å²) in [5.41, 5.74) is 1.13. The van der Waals surface area contributed by atoms with Crippen LogP contribution >= 0.6 is 0 Å². The van der Waals surface area contributed by atoms with Crippen LogP contribution in [0.1, 0.15) is 32.4 Å². The minimum absolute atomic E-state index is 0.226. The maximum absolute atomic E-state index is 14.0. The van der Waals surface area contributed by atoms with Gasteiger partial charge in [0.2, 0.25) is 0 Å². The molecule has 0 radical (unpaired) electrons. The Bertz CT molecular complexity index is 792. The number of carbonyl (C=O) groups excluding carboxylic acids is 2. The summed E-state index contributed by atoms with van der Waals surface area (Å²) >= 11 is 0. The van der Waals surface area contributed by atoms with Crippen molar-refractivity contribution in [2.75, 3.05) is 26.8 Å². The standard InChI is InChI=1S/C19H18FNO4/c1-24-19(23)14-6-4-5-13(11-14)18(22)21-9-10-25-17(12-21)15-7-2-3-8-16(15)20/h2-8,11,17H,9-10,12H2,1H3/t17-/m0/s1. The Labute approximate surface area is 145 Å². The van der Waals surface area contributed by atoms with Gasteiger partial charge >= 0.3 is 5.97 Å². The van der Waals surface area contributed by atoms with E-state index in [1.165, 1.54) is 19.2 Å². The van der Waals surface area contributed by atoms with E-state index in [4.69, 9.17) is 4.74 Å². The number of amides is 1. The van der Waals surface area contributed by atoms with E-state index in [1.54, 1.807) is 41.3 Å². The molecule has 25 heavy (non-hydrogen) atoms. The molecule has 0 saturated carbocycles. The number of morpholine rings is 1. The van der Waals surface area contributed by atoms with Crippen LogP contribution in [0.5, 0.6) is 0 Å². The van der Waals surface area contributed by atoms with Gasteiger partial charge in [-0.3, -0.25) is 4.79 Å². The van der Waals surface area contributed by atoms with Gasteiger partial charge in [-0.25, -0.2) is 9.18 Å². The van der Waals surface area contributed by atoms with Crippen LogP contribution in [0, 0.1) is 5.82 Å². The van der Waals surface area contributed by atoms with Crippen molar-refractivity contribution in [2.24, 2.45) is 0 Å². The molecular formula is C19H18FNO4. The lowest BCUT2D eigenvalue weighted by Gasteiger charge is -2.33. The maximum Gasteiger partial charge on any atom is 0.337 e. The van der Waals surface area contributed by atoms with Crippen LogP contribution in [-0.4, -0.2) is 43.6 Å². The van der Waals surface area contributed by atoms with Gasteiger partial charge in [0.05, 0.1) is 25.8 Å². The van der Waals surface area contributed by atoms with E-state index in [0.717, 1.165) is 0 Å². The highest BCUT2D eigenvalue weighted by Crippen LogP contribution is 2.25. The number of carbonyl (C=O) groups is 2. The van der Waals surface area contributed by atoms with Crippen molar-refractivity contribution >= 4 is 11.9 Å². The van der Waals surface area contributed by atoms with Crippen molar-refractivity contribution in [3.05, 3.63) is 71.0 Å². The molecule has 3 rings (SSSR count). The van der Waals surface area contributed by atoms with Crippen LogP contribution < -0.4 is 0 Å². The summed E-state index contributed by atoms with van der Waals surface area (Å²) in [4.78, 5) is 26.0. The van der Waals surface area contributed by atoms with Crippen molar-refractivity contribution in [1.82, 2.24) is 4.90 Å². The molecular weight excluding hydrogens is 325 g/mol. The maximum atomic E-state index is 14.0. The molecule has 1 heterocycles. The summed E-state index contributed by atoms with van der Waals surface area (Å²) in [5, 5.41) is 0. The lowest BCUT2D eigenvalue weighted by molar-refractivity contribution is -0.0243. The molecule has 0 aliphatic carbocycles. The van der Waals surface area contributed by atoms with Crippen molar-refractivity contribution in [2.45, 2.75) is 6.10 Å². The first-order chi connectivity index (χ1) is 12.1. The number of nitrogens with zero attached hydrogens (tertiary/aromatic N) is 1. The van der Waals surface area contributed by atoms with Gasteiger partial charge in [-0.15, -0.1) is 0 Å². The topological polar surface area (TPSA) is 55.8 Å². The quantitative estimate of drug-likeness (QED) is 0.804. The van der Waals surface area contributed by atoms with Gasteiger partial charge < -0.3 is 14.4 Å². The van der Waals surface area contributed by atoms with E-state index in [1.807, 2.05) is 0 Å². The molecule has 0 N–H and O–H groups in total. The number of esters is 1. The number of ether oxygens (including phenoxy) is 2. The third-order valence-corrected chi connectivity index (χ3v) is 4.14. The fourth-order valence-electron chi connectivity index (χ4n) is 2.84. The first-order valence-electron chi connectivity index (χ1n) is 7.94. The van der Waals surface area contributed by atoms with E-state index in [9.17, 15) is 14.0 Å². The summed E-state index contributed by atoms with van der Waals surface area (Å²) in [5.74, 6) is -1.08. The molecule has 1 saturated heterocycles. The number of hydrogen-bond donors (Lipinski definition) is 0. The minimum Gasteiger partial charge on any atom is -0.465 e. The summed E-state index contributed by atoms with van der Waals surface area (Å²) in [6.45, 7) is 0.982. The van der Waals surface area contributed by atoms with Crippen molar-refractivity contribution in [3.63, 3.8) is 0 Å². The van der Waals surface area contributed by atoms with Crippen LogP contribution in [-0.2, 0) is 9.47 Å². The third kappa shape index (κ3) is 3.69. The van der Waals surface area contributed by atoms with E-state index < -0.39 is 12.1 Å².